The number of aliphatic hydroxyl groups is 5. The van der Waals surface area contributed by atoms with Crippen LogP contribution in [0.3, 0.4) is 0 Å². The lowest BCUT2D eigenvalue weighted by Gasteiger charge is -2.41. The van der Waals surface area contributed by atoms with Crippen molar-refractivity contribution in [3.63, 3.8) is 0 Å². The molecule has 1 aromatic heterocycles. The Morgan fingerprint density at radius 1 is 1.13 bits per heavy atom. The molecule has 2 saturated heterocycles. The number of rotatable bonds is 10. The molecule has 19 nitrogen and oxygen atoms in total. The Hall–Kier alpha value is -1.48. The maximum atomic E-state index is 12.5. The first-order valence-electron chi connectivity index (χ1n) is 11.0. The highest BCUT2D eigenvalue weighted by atomic mass is 32.2. The monoisotopic (exact) mass is 623 g/mol. The predicted octanol–water partition coefficient (Wildman–Crippen LogP) is -3.93. The van der Waals surface area contributed by atoms with Crippen molar-refractivity contribution in [2.75, 3.05) is 13.2 Å². The van der Waals surface area contributed by atoms with Crippen molar-refractivity contribution < 1.29 is 67.3 Å². The van der Waals surface area contributed by atoms with Gasteiger partial charge in [-0.3, -0.25) is 28.2 Å². The highest BCUT2D eigenvalue weighted by Gasteiger charge is 2.50. The van der Waals surface area contributed by atoms with Crippen molar-refractivity contribution in [3.8, 4) is 0 Å². The second kappa shape index (κ2) is 12.6. The summed E-state index contributed by atoms with van der Waals surface area (Å²) in [5, 5.41) is 51.2. The van der Waals surface area contributed by atoms with Crippen molar-refractivity contribution in [3.05, 3.63) is 33.1 Å². The molecule has 0 saturated carbocycles. The van der Waals surface area contributed by atoms with Crippen LogP contribution >= 0.6 is 27.4 Å². The Labute approximate surface area is 222 Å². The number of nitrogens with zero attached hydrogens (tertiary/aromatic N) is 1. The smallest absolute Gasteiger partial charge is 0.395 e. The van der Waals surface area contributed by atoms with Gasteiger partial charge >= 0.3 is 21.3 Å². The number of hydrogen-bond donors (Lipinski definition) is 9. The highest BCUT2D eigenvalue weighted by Crippen LogP contribution is 2.62. The van der Waals surface area contributed by atoms with Gasteiger partial charge in [0.1, 0.15) is 29.9 Å². The number of phosphoric acid groups is 2. The van der Waals surface area contributed by atoms with E-state index in [2.05, 4.69) is 14.2 Å². The molecule has 3 rings (SSSR count). The summed E-state index contributed by atoms with van der Waals surface area (Å²) < 4.78 is 44.5. The molecule has 39 heavy (non-hydrogen) atoms. The van der Waals surface area contributed by atoms with E-state index in [1.165, 1.54) is 0 Å². The van der Waals surface area contributed by atoms with Gasteiger partial charge < -0.3 is 45.4 Å². The van der Waals surface area contributed by atoms with Crippen molar-refractivity contribution in [2.45, 2.75) is 60.4 Å². The number of aromatic amines is 1. The molecule has 2 fully saturated rings. The summed E-state index contributed by atoms with van der Waals surface area (Å²) in [5.74, 6) is -0.729. The van der Waals surface area contributed by atoms with Gasteiger partial charge in [0.15, 0.2) is 6.23 Å². The van der Waals surface area contributed by atoms with E-state index in [1.54, 1.807) is 0 Å². The summed E-state index contributed by atoms with van der Waals surface area (Å²) in [6.45, 7) is -0.682. The fraction of sp³-hybridized carbons (Fsp3) is 0.706. The number of aliphatic hydroxyl groups excluding tert-OH is 5. The number of H-pyrrole nitrogens is 1. The van der Waals surface area contributed by atoms with Crippen LogP contribution in [0.4, 0.5) is 0 Å². The molecule has 222 valence electrons. The van der Waals surface area contributed by atoms with Crippen LogP contribution in [0.1, 0.15) is 13.2 Å². The van der Waals surface area contributed by atoms with Crippen LogP contribution in [-0.4, -0.2) is 111 Å². The van der Waals surface area contributed by atoms with Crippen molar-refractivity contribution in [1.29, 1.82) is 0 Å². The minimum atomic E-state index is -5.52. The Kier molecular flexibility index (Phi) is 10.3. The zero-order valence-electron chi connectivity index (χ0n) is 19.8. The molecule has 0 spiro atoms. The van der Waals surface area contributed by atoms with Crippen LogP contribution in [0, 0.1) is 0 Å². The largest absolute Gasteiger partial charge is 0.482 e. The predicted molar refractivity (Wildman–Crippen MR) is 127 cm³/mol. The molecule has 22 heteroatoms. The number of amides is 1. The molecular formula is C17H27N3O16P2S. The van der Waals surface area contributed by atoms with Crippen LogP contribution in [0.2, 0.25) is 0 Å². The van der Waals surface area contributed by atoms with Gasteiger partial charge in [-0.2, -0.15) is 4.31 Å². The lowest BCUT2D eigenvalue weighted by Crippen LogP contribution is -2.60. The first-order chi connectivity index (χ1) is 18.0. The van der Waals surface area contributed by atoms with Gasteiger partial charge in [0, 0.05) is 19.2 Å². The Morgan fingerprint density at radius 2 is 1.79 bits per heavy atom. The Morgan fingerprint density at radius 3 is 2.38 bits per heavy atom. The lowest BCUT2D eigenvalue weighted by atomic mass is 10.0. The maximum Gasteiger partial charge on any atom is 0.482 e. The quantitative estimate of drug-likeness (QED) is 0.112. The average Bonchev–Trinajstić information content (AvgIpc) is 3.10. The van der Waals surface area contributed by atoms with E-state index in [0.29, 0.717) is 11.8 Å². The molecule has 0 radical (unpaired) electrons. The standard InChI is InChI=1S/C17H27N3O16P2S/c1-6(22)18-10-13(26)12(25)8(4-21)39-16(10)35-38(31,32)36-37(29,30)33-5-7-11(24)14(27)15(34-7)20-3-2-9(23)19-17(20)28/h2-3,7-8,10-16,21,24-27H,4-5H2,1H3,(H,18,22)(H,29,30)(H,31,32)(H,19,23,28)/t7-,8-,10-,11-,12-,13-,14-,15-,16-/m1/s1. The minimum Gasteiger partial charge on any atom is -0.395 e. The SMILES string of the molecule is CC(=O)N[C@@H]1[C@@H](O)[C@H](O)[C@@H](CO)S[C@H]1OP(=O)(O)OP(=O)(O)OC[C@H]1O[C@@H](n2ccc(=O)[nH]c2=O)[C@H](O)[C@@H]1O. The number of phosphoric ester groups is 2. The molecule has 2 aliphatic rings. The third-order valence-electron chi connectivity index (χ3n) is 5.56. The summed E-state index contributed by atoms with van der Waals surface area (Å²) >= 11 is 0.529. The summed E-state index contributed by atoms with van der Waals surface area (Å²) in [7, 11) is -11.0. The molecule has 11 atom stereocenters. The molecule has 0 bridgehead atoms. The maximum absolute atomic E-state index is 12.5. The molecule has 3 heterocycles. The Bertz CT molecular complexity index is 1240. The summed E-state index contributed by atoms with van der Waals surface area (Å²) in [6.07, 6.45) is -9.03. The fourth-order valence-corrected chi connectivity index (χ4v) is 7.55. The number of nitrogens with one attached hydrogen (secondary N) is 2. The number of carbonyl (C=O) groups excluding carboxylic acids is 1. The highest BCUT2D eigenvalue weighted by molar-refractivity contribution is 8.00. The molecular weight excluding hydrogens is 596 g/mol. The van der Waals surface area contributed by atoms with Crippen LogP contribution in [0.25, 0.3) is 0 Å². The fourth-order valence-electron chi connectivity index (χ4n) is 3.76. The number of aromatic nitrogens is 2. The van der Waals surface area contributed by atoms with E-state index in [4.69, 9.17) is 9.26 Å². The zero-order valence-corrected chi connectivity index (χ0v) is 22.4. The molecule has 2 aliphatic heterocycles. The molecule has 0 aliphatic carbocycles. The van der Waals surface area contributed by atoms with E-state index in [1.807, 2.05) is 4.98 Å². The van der Waals surface area contributed by atoms with E-state index < -0.39 is 99.5 Å². The summed E-state index contributed by atoms with van der Waals surface area (Å²) in [5.41, 5.74) is -3.40. The van der Waals surface area contributed by atoms with Crippen LogP contribution < -0.4 is 16.6 Å². The molecule has 2 unspecified atom stereocenters. The topological polar surface area (TPSA) is 297 Å². The van der Waals surface area contributed by atoms with Crippen LogP contribution in [0.5, 0.6) is 0 Å². The van der Waals surface area contributed by atoms with Gasteiger partial charge in [0.2, 0.25) is 5.91 Å². The first kappa shape index (κ1) is 32.0. The third kappa shape index (κ3) is 7.84. The van der Waals surface area contributed by atoms with Crippen molar-refractivity contribution >= 4 is 33.3 Å². The minimum absolute atomic E-state index is 0.529. The molecule has 1 aromatic rings. The van der Waals surface area contributed by atoms with Gasteiger partial charge in [0.25, 0.3) is 5.56 Å². The van der Waals surface area contributed by atoms with Crippen LogP contribution in [0.15, 0.2) is 21.9 Å². The number of hydrogen-bond acceptors (Lipinski definition) is 15. The third-order valence-corrected chi connectivity index (χ3v) is 9.76. The van der Waals surface area contributed by atoms with Gasteiger partial charge in [-0.15, -0.1) is 11.8 Å². The Balaban J connectivity index is 1.66. The van der Waals surface area contributed by atoms with E-state index in [0.717, 1.165) is 23.8 Å². The number of ether oxygens (including phenoxy) is 1. The van der Waals surface area contributed by atoms with Crippen molar-refractivity contribution in [2.24, 2.45) is 0 Å². The van der Waals surface area contributed by atoms with Gasteiger partial charge in [0.05, 0.1) is 30.6 Å². The lowest BCUT2D eigenvalue weighted by molar-refractivity contribution is -0.122. The zero-order chi connectivity index (χ0) is 29.3. The van der Waals surface area contributed by atoms with E-state index in [-0.39, 0.29) is 0 Å². The summed E-state index contributed by atoms with van der Waals surface area (Å²) in [4.78, 5) is 56.6. The molecule has 1 amide bonds. The van der Waals surface area contributed by atoms with Gasteiger partial charge in [-0.25, -0.2) is 13.9 Å². The first-order valence-corrected chi connectivity index (χ1v) is 14.9. The normalized spacial score (nSPS) is 36.2. The number of thioether (sulfide) groups is 1. The van der Waals surface area contributed by atoms with Crippen LogP contribution in [-0.2, 0) is 32.0 Å². The number of carbonyl (C=O) groups is 1. The summed E-state index contributed by atoms with van der Waals surface area (Å²) in [6, 6.07) is -0.573. The van der Waals surface area contributed by atoms with Crippen molar-refractivity contribution in [1.82, 2.24) is 14.9 Å². The van der Waals surface area contributed by atoms with E-state index in [9.17, 15) is 58.8 Å². The second-order valence-electron chi connectivity index (χ2n) is 8.42. The molecule has 0 aromatic carbocycles. The van der Waals surface area contributed by atoms with Gasteiger partial charge in [-0.05, 0) is 0 Å². The molecule has 9 N–H and O–H groups in total. The second-order valence-corrected chi connectivity index (χ2v) is 12.8. The average molecular weight is 623 g/mol. The van der Waals surface area contributed by atoms with Gasteiger partial charge in [-0.1, -0.05) is 0 Å². The van der Waals surface area contributed by atoms with E-state index >= 15 is 0 Å².